The first kappa shape index (κ1) is 16.6. The smallest absolute Gasteiger partial charge is 0.338 e. The zero-order valence-corrected chi connectivity index (χ0v) is 14.5. The van der Waals surface area contributed by atoms with E-state index in [0.717, 1.165) is 50.7 Å². The van der Waals surface area contributed by atoms with Gasteiger partial charge in [0.1, 0.15) is 6.61 Å². The molecule has 0 saturated carbocycles. The van der Waals surface area contributed by atoms with Crippen LogP contribution >= 0.6 is 0 Å². The van der Waals surface area contributed by atoms with Gasteiger partial charge in [-0.15, -0.1) is 0 Å². The van der Waals surface area contributed by atoms with Crippen LogP contribution in [0.1, 0.15) is 33.1 Å². The van der Waals surface area contributed by atoms with Gasteiger partial charge in [-0.3, -0.25) is 0 Å². The van der Waals surface area contributed by atoms with Crippen molar-refractivity contribution in [2.24, 2.45) is 0 Å². The van der Waals surface area contributed by atoms with Crippen molar-refractivity contribution in [1.29, 1.82) is 0 Å². The van der Waals surface area contributed by atoms with Crippen LogP contribution in [0.15, 0.2) is 24.1 Å². The van der Waals surface area contributed by atoms with E-state index in [1.54, 1.807) is 0 Å². The molecule has 0 aromatic carbocycles. The van der Waals surface area contributed by atoms with Gasteiger partial charge in [0.05, 0.1) is 0 Å². The van der Waals surface area contributed by atoms with Gasteiger partial charge in [-0.2, -0.15) is 0 Å². The van der Waals surface area contributed by atoms with E-state index in [1.807, 2.05) is 6.08 Å². The number of hydrogen-bond donors (Lipinski definition) is 0. The highest BCUT2D eigenvalue weighted by molar-refractivity contribution is 6.67. The van der Waals surface area contributed by atoms with Crippen LogP contribution in [0.2, 0.25) is 12.1 Å². The molecule has 0 bridgehead atoms. The number of hydrogen-bond acceptors (Lipinski definition) is 4. The molecular formula is C16H29NO3Si. The van der Waals surface area contributed by atoms with Crippen molar-refractivity contribution < 1.29 is 13.6 Å². The molecule has 120 valence electrons. The van der Waals surface area contributed by atoms with E-state index >= 15 is 0 Å². The molecule has 0 radical (unpaired) electrons. The van der Waals surface area contributed by atoms with Crippen molar-refractivity contribution in [1.82, 2.24) is 4.90 Å². The Morgan fingerprint density at radius 1 is 1.10 bits per heavy atom. The Kier molecular flexibility index (Phi) is 6.80. The van der Waals surface area contributed by atoms with Gasteiger partial charge in [-0.05, 0) is 57.4 Å². The zero-order chi connectivity index (χ0) is 15.0. The van der Waals surface area contributed by atoms with Crippen LogP contribution in [0.4, 0.5) is 0 Å². The Morgan fingerprint density at radius 2 is 1.81 bits per heavy atom. The van der Waals surface area contributed by atoms with Crippen LogP contribution < -0.4 is 0 Å². The fourth-order valence-corrected chi connectivity index (χ4v) is 6.58. The van der Waals surface area contributed by atoms with E-state index in [2.05, 4.69) is 30.9 Å². The normalized spacial score (nSPS) is 22.8. The highest BCUT2D eigenvalue weighted by Gasteiger charge is 2.36. The van der Waals surface area contributed by atoms with Gasteiger partial charge >= 0.3 is 8.56 Å². The molecule has 21 heavy (non-hydrogen) atoms. The lowest BCUT2D eigenvalue weighted by atomic mass is 10.3. The molecule has 0 atom stereocenters. The summed E-state index contributed by atoms with van der Waals surface area (Å²) >= 11 is 0. The lowest BCUT2D eigenvalue weighted by Gasteiger charge is -2.30. The quantitative estimate of drug-likeness (QED) is 0.728. The first-order valence-corrected chi connectivity index (χ1v) is 10.6. The van der Waals surface area contributed by atoms with Crippen LogP contribution in [0.3, 0.4) is 0 Å². The molecule has 0 amide bonds. The van der Waals surface area contributed by atoms with Gasteiger partial charge in [0.15, 0.2) is 5.88 Å². The van der Waals surface area contributed by atoms with Crippen LogP contribution in [-0.2, 0) is 13.6 Å². The molecule has 4 nitrogen and oxygen atoms in total. The Hall–Kier alpha value is -0.783. The molecule has 0 aromatic heterocycles. The molecule has 0 spiro atoms. The maximum atomic E-state index is 6.12. The van der Waals surface area contributed by atoms with Crippen LogP contribution in [0.5, 0.6) is 0 Å². The summed E-state index contributed by atoms with van der Waals surface area (Å²) in [6, 6.07) is 2.22. The predicted molar refractivity (Wildman–Crippen MR) is 87.2 cm³/mol. The van der Waals surface area contributed by atoms with Crippen LogP contribution in [0, 0.1) is 0 Å². The maximum Gasteiger partial charge on any atom is 0.338 e. The van der Waals surface area contributed by atoms with Gasteiger partial charge < -0.3 is 18.5 Å². The molecule has 2 rings (SSSR count). The second kappa shape index (κ2) is 8.61. The molecule has 0 N–H and O–H groups in total. The molecule has 0 aliphatic carbocycles. The SMILES string of the molecule is CCO[Si]1(OCC)CCCCN(C2=CC=CCO2)CCC1. The van der Waals surface area contributed by atoms with E-state index in [1.165, 1.54) is 12.8 Å². The van der Waals surface area contributed by atoms with Gasteiger partial charge in [0.25, 0.3) is 0 Å². The third-order valence-corrected chi connectivity index (χ3v) is 7.91. The van der Waals surface area contributed by atoms with Gasteiger partial charge in [0.2, 0.25) is 0 Å². The summed E-state index contributed by atoms with van der Waals surface area (Å²) in [5.74, 6) is 1.03. The number of ether oxygens (including phenoxy) is 1. The lowest BCUT2D eigenvalue weighted by molar-refractivity contribution is 0.126. The fourth-order valence-electron chi connectivity index (χ4n) is 3.13. The van der Waals surface area contributed by atoms with E-state index in [-0.39, 0.29) is 0 Å². The number of allylic oxidation sites excluding steroid dienone is 2. The van der Waals surface area contributed by atoms with Crippen molar-refractivity contribution in [2.75, 3.05) is 32.9 Å². The van der Waals surface area contributed by atoms with Crippen molar-refractivity contribution in [2.45, 2.75) is 45.2 Å². The molecule has 1 saturated heterocycles. The van der Waals surface area contributed by atoms with Gasteiger partial charge in [-0.25, -0.2) is 0 Å². The van der Waals surface area contributed by atoms with Crippen molar-refractivity contribution in [3.05, 3.63) is 24.1 Å². The van der Waals surface area contributed by atoms with Crippen LogP contribution in [0.25, 0.3) is 0 Å². The summed E-state index contributed by atoms with van der Waals surface area (Å²) in [6.45, 7) is 8.51. The maximum absolute atomic E-state index is 6.12. The fraction of sp³-hybridized carbons (Fsp3) is 0.750. The van der Waals surface area contributed by atoms with E-state index in [0.29, 0.717) is 6.61 Å². The summed E-state index contributed by atoms with van der Waals surface area (Å²) < 4.78 is 18.0. The summed E-state index contributed by atoms with van der Waals surface area (Å²) in [4.78, 5) is 2.38. The molecule has 2 heterocycles. The third kappa shape index (κ3) is 4.87. The molecule has 5 heteroatoms. The Morgan fingerprint density at radius 3 is 2.48 bits per heavy atom. The highest BCUT2D eigenvalue weighted by Crippen LogP contribution is 2.27. The molecule has 2 aliphatic heterocycles. The van der Waals surface area contributed by atoms with Crippen LogP contribution in [-0.4, -0.2) is 46.4 Å². The van der Waals surface area contributed by atoms with Gasteiger partial charge in [0, 0.05) is 26.3 Å². The standard InChI is InChI=1S/C16H29NO3Si/c1-3-19-21(20-4-2)14-8-6-11-17(12-9-15-21)16-10-5-7-13-18-16/h5,7,10H,3-4,6,8-9,11-15H2,1-2H3. The van der Waals surface area contributed by atoms with Gasteiger partial charge in [-0.1, -0.05) is 6.08 Å². The Labute approximate surface area is 130 Å². The van der Waals surface area contributed by atoms with Crippen molar-refractivity contribution >= 4 is 8.56 Å². The monoisotopic (exact) mass is 311 g/mol. The van der Waals surface area contributed by atoms with E-state index in [9.17, 15) is 0 Å². The second-order valence-corrected chi connectivity index (χ2v) is 8.97. The number of rotatable bonds is 5. The minimum atomic E-state index is -1.98. The first-order valence-electron chi connectivity index (χ1n) is 8.32. The summed E-state index contributed by atoms with van der Waals surface area (Å²) in [5, 5.41) is 0. The Balaban J connectivity index is 1.97. The van der Waals surface area contributed by atoms with Crippen molar-refractivity contribution in [3.63, 3.8) is 0 Å². The largest absolute Gasteiger partial charge is 0.475 e. The predicted octanol–water partition coefficient (Wildman–Crippen LogP) is 3.42. The average molecular weight is 311 g/mol. The van der Waals surface area contributed by atoms with Crippen molar-refractivity contribution in [3.8, 4) is 0 Å². The summed E-state index contributed by atoms with van der Waals surface area (Å²) in [5.41, 5.74) is 0. The highest BCUT2D eigenvalue weighted by atomic mass is 28.4. The molecular weight excluding hydrogens is 282 g/mol. The molecule has 2 aliphatic rings. The second-order valence-electron chi connectivity index (χ2n) is 5.57. The topological polar surface area (TPSA) is 30.9 Å². The molecule has 0 unspecified atom stereocenters. The van der Waals surface area contributed by atoms with E-state index in [4.69, 9.17) is 13.6 Å². The minimum absolute atomic E-state index is 0.693. The summed E-state index contributed by atoms with van der Waals surface area (Å²) in [7, 11) is -1.98. The zero-order valence-electron chi connectivity index (χ0n) is 13.5. The third-order valence-electron chi connectivity index (χ3n) is 4.05. The minimum Gasteiger partial charge on any atom is -0.475 e. The van der Waals surface area contributed by atoms with E-state index < -0.39 is 8.56 Å². The Bertz CT molecular complexity index is 365. The summed E-state index contributed by atoms with van der Waals surface area (Å²) in [6.07, 6.45) is 9.70. The lowest BCUT2D eigenvalue weighted by Crippen LogP contribution is -2.42. The molecule has 1 fully saturated rings. The molecule has 0 aromatic rings. The first-order chi connectivity index (χ1) is 10.3. The number of nitrogens with zero attached hydrogens (tertiary/aromatic N) is 1. The average Bonchev–Trinajstić information content (AvgIpc) is 2.60.